The Bertz CT molecular complexity index is 1080. The molecule has 2 aromatic heterocycles. The lowest BCUT2D eigenvalue weighted by molar-refractivity contribution is 0.0956. The summed E-state index contributed by atoms with van der Waals surface area (Å²) in [4.78, 5) is 33.2. The monoisotopic (exact) mass is 430 g/mol. The highest BCUT2D eigenvalue weighted by Gasteiger charge is 2.24. The van der Waals surface area contributed by atoms with E-state index in [1.54, 1.807) is 18.5 Å². The van der Waals surface area contributed by atoms with Crippen LogP contribution in [-0.4, -0.2) is 34.5 Å². The average molecular weight is 431 g/mol. The number of pyridine rings is 2. The summed E-state index contributed by atoms with van der Waals surface area (Å²) in [6.07, 6.45) is 5.58. The summed E-state index contributed by atoms with van der Waals surface area (Å²) in [6, 6.07) is 14.9. The van der Waals surface area contributed by atoms with Gasteiger partial charge in [-0.05, 0) is 55.7 Å². The number of amides is 3. The molecule has 0 spiro atoms. The molecule has 0 radical (unpaired) electrons. The Labute approximate surface area is 186 Å². The number of hydrogen-bond acceptors (Lipinski definition) is 5. The second-order valence-corrected chi connectivity index (χ2v) is 7.62. The molecule has 2 heterocycles. The van der Waals surface area contributed by atoms with E-state index in [4.69, 9.17) is 4.98 Å². The Hall–Kier alpha value is -3.94. The molecule has 0 bridgehead atoms. The summed E-state index contributed by atoms with van der Waals surface area (Å²) in [5.74, 6) is 0.472. The van der Waals surface area contributed by atoms with Gasteiger partial charge < -0.3 is 21.3 Å². The van der Waals surface area contributed by atoms with Gasteiger partial charge in [-0.1, -0.05) is 18.2 Å². The fourth-order valence-corrected chi connectivity index (χ4v) is 3.17. The minimum absolute atomic E-state index is 0.133. The molecule has 0 aliphatic heterocycles. The largest absolute Gasteiger partial charge is 0.367 e. The molecule has 4 N–H and O–H groups in total. The molecule has 1 aromatic carbocycles. The summed E-state index contributed by atoms with van der Waals surface area (Å²) in [5.41, 5.74) is 3.80. The van der Waals surface area contributed by atoms with E-state index in [0.717, 1.165) is 29.7 Å². The van der Waals surface area contributed by atoms with Crippen molar-refractivity contribution in [3.8, 4) is 11.3 Å². The molecule has 8 nitrogen and oxygen atoms in total. The Balaban J connectivity index is 1.42. The number of nitrogens with one attached hydrogen (secondary N) is 4. The summed E-state index contributed by atoms with van der Waals surface area (Å²) in [7, 11) is 0. The number of urea groups is 1. The summed E-state index contributed by atoms with van der Waals surface area (Å²) >= 11 is 0. The van der Waals surface area contributed by atoms with Crippen molar-refractivity contribution >= 4 is 23.4 Å². The first-order chi connectivity index (χ1) is 15.6. The smallest absolute Gasteiger partial charge is 0.319 e. The maximum Gasteiger partial charge on any atom is 0.319 e. The van der Waals surface area contributed by atoms with Crippen LogP contribution in [0.2, 0.25) is 0 Å². The number of rotatable bonds is 8. The number of aromatic nitrogens is 2. The lowest BCUT2D eigenvalue weighted by Gasteiger charge is -2.13. The van der Waals surface area contributed by atoms with Crippen LogP contribution in [0, 0.1) is 0 Å². The zero-order chi connectivity index (χ0) is 22.3. The zero-order valence-corrected chi connectivity index (χ0v) is 17.9. The Morgan fingerprint density at radius 1 is 1.03 bits per heavy atom. The second-order valence-electron chi connectivity index (χ2n) is 7.62. The van der Waals surface area contributed by atoms with Crippen molar-refractivity contribution in [3.63, 3.8) is 0 Å². The lowest BCUT2D eigenvalue weighted by atomic mass is 10.1. The first-order valence-electron chi connectivity index (χ1n) is 10.7. The van der Waals surface area contributed by atoms with Crippen molar-refractivity contribution in [2.75, 3.05) is 17.2 Å². The van der Waals surface area contributed by atoms with Crippen LogP contribution >= 0.6 is 0 Å². The number of nitrogens with zero attached hydrogens (tertiary/aromatic N) is 2. The standard InChI is InChI=1S/C24H26N6O2/c1-2-26-23(31)20-11-12-21(30-22(20)28-18-9-10-18)17-5-7-19(8-6-17)29-24(32)27-15-16-4-3-13-25-14-16/h3-8,11-14,18H,2,9-10,15H2,1H3,(H,26,31)(H,28,30)(H2,27,29,32). The number of anilines is 2. The third-order valence-electron chi connectivity index (χ3n) is 5.01. The summed E-state index contributed by atoms with van der Waals surface area (Å²) < 4.78 is 0. The lowest BCUT2D eigenvalue weighted by Crippen LogP contribution is -2.28. The predicted molar refractivity (Wildman–Crippen MR) is 124 cm³/mol. The van der Waals surface area contributed by atoms with Gasteiger partial charge in [-0.2, -0.15) is 0 Å². The van der Waals surface area contributed by atoms with Gasteiger partial charge in [-0.15, -0.1) is 0 Å². The molecular weight excluding hydrogens is 404 g/mol. The third kappa shape index (κ3) is 5.60. The Morgan fingerprint density at radius 3 is 2.53 bits per heavy atom. The van der Waals surface area contributed by atoms with Crippen LogP contribution in [0.4, 0.5) is 16.3 Å². The van der Waals surface area contributed by atoms with Gasteiger partial charge in [0.1, 0.15) is 5.82 Å². The number of carbonyl (C=O) groups is 2. The van der Waals surface area contributed by atoms with E-state index in [2.05, 4.69) is 26.3 Å². The molecule has 0 saturated heterocycles. The van der Waals surface area contributed by atoms with Gasteiger partial charge in [0.25, 0.3) is 5.91 Å². The van der Waals surface area contributed by atoms with Gasteiger partial charge in [-0.3, -0.25) is 9.78 Å². The molecule has 0 atom stereocenters. The SMILES string of the molecule is CCNC(=O)c1ccc(-c2ccc(NC(=O)NCc3cccnc3)cc2)nc1NC1CC1. The Kier molecular flexibility index (Phi) is 6.60. The fraction of sp³-hybridized carbons (Fsp3) is 0.250. The third-order valence-corrected chi connectivity index (χ3v) is 5.01. The normalized spacial score (nSPS) is 12.7. The van der Waals surface area contributed by atoms with E-state index in [0.29, 0.717) is 36.2 Å². The van der Waals surface area contributed by atoms with Crippen molar-refractivity contribution in [3.05, 3.63) is 72.1 Å². The summed E-state index contributed by atoms with van der Waals surface area (Å²) in [6.45, 7) is 2.85. The molecule has 8 heteroatoms. The zero-order valence-electron chi connectivity index (χ0n) is 17.9. The minimum Gasteiger partial charge on any atom is -0.367 e. The van der Waals surface area contributed by atoms with Gasteiger partial charge in [0.15, 0.2) is 0 Å². The van der Waals surface area contributed by atoms with E-state index in [9.17, 15) is 9.59 Å². The number of carbonyl (C=O) groups excluding carboxylic acids is 2. The van der Waals surface area contributed by atoms with Crippen LogP contribution in [0.1, 0.15) is 35.7 Å². The van der Waals surface area contributed by atoms with Crippen molar-refractivity contribution in [2.45, 2.75) is 32.4 Å². The molecule has 3 amide bonds. The second kappa shape index (κ2) is 9.91. The molecule has 1 aliphatic rings. The molecule has 1 fully saturated rings. The van der Waals surface area contributed by atoms with E-state index in [1.165, 1.54) is 0 Å². The molecule has 3 aromatic rings. The first kappa shape index (κ1) is 21.3. The Morgan fingerprint density at radius 2 is 1.84 bits per heavy atom. The van der Waals surface area contributed by atoms with E-state index in [-0.39, 0.29) is 11.9 Å². The van der Waals surface area contributed by atoms with Crippen LogP contribution in [0.15, 0.2) is 60.9 Å². The van der Waals surface area contributed by atoms with Gasteiger partial charge in [-0.25, -0.2) is 9.78 Å². The fourth-order valence-electron chi connectivity index (χ4n) is 3.17. The molecule has 32 heavy (non-hydrogen) atoms. The van der Waals surface area contributed by atoms with Crippen molar-refractivity contribution in [1.29, 1.82) is 0 Å². The number of benzene rings is 1. The molecule has 0 unspecified atom stereocenters. The maximum atomic E-state index is 12.4. The molecule has 1 saturated carbocycles. The van der Waals surface area contributed by atoms with Crippen LogP contribution in [0.3, 0.4) is 0 Å². The van der Waals surface area contributed by atoms with Crippen molar-refractivity contribution in [2.24, 2.45) is 0 Å². The number of hydrogen-bond donors (Lipinski definition) is 4. The van der Waals surface area contributed by atoms with E-state index in [1.807, 2.05) is 49.4 Å². The van der Waals surface area contributed by atoms with Gasteiger partial charge in [0, 0.05) is 42.8 Å². The van der Waals surface area contributed by atoms with Crippen LogP contribution in [-0.2, 0) is 6.54 Å². The van der Waals surface area contributed by atoms with Crippen LogP contribution in [0.5, 0.6) is 0 Å². The highest BCUT2D eigenvalue weighted by atomic mass is 16.2. The van der Waals surface area contributed by atoms with Gasteiger partial charge in [0.2, 0.25) is 0 Å². The van der Waals surface area contributed by atoms with Crippen molar-refractivity contribution in [1.82, 2.24) is 20.6 Å². The molecule has 1 aliphatic carbocycles. The van der Waals surface area contributed by atoms with Gasteiger partial charge >= 0.3 is 6.03 Å². The highest BCUT2D eigenvalue weighted by Crippen LogP contribution is 2.28. The maximum absolute atomic E-state index is 12.4. The van der Waals surface area contributed by atoms with Crippen LogP contribution in [0.25, 0.3) is 11.3 Å². The topological polar surface area (TPSA) is 108 Å². The minimum atomic E-state index is -0.290. The molecular formula is C24H26N6O2. The first-order valence-corrected chi connectivity index (χ1v) is 10.7. The van der Waals surface area contributed by atoms with Crippen molar-refractivity contribution < 1.29 is 9.59 Å². The van der Waals surface area contributed by atoms with E-state index < -0.39 is 0 Å². The predicted octanol–water partition coefficient (Wildman–Crippen LogP) is 3.79. The van der Waals surface area contributed by atoms with Gasteiger partial charge in [0.05, 0.1) is 11.3 Å². The average Bonchev–Trinajstić information content (AvgIpc) is 3.63. The molecule has 4 rings (SSSR count). The summed E-state index contributed by atoms with van der Waals surface area (Å²) in [5, 5.41) is 11.8. The highest BCUT2D eigenvalue weighted by molar-refractivity contribution is 5.99. The molecule has 164 valence electrons. The quantitative estimate of drug-likeness (QED) is 0.435. The van der Waals surface area contributed by atoms with E-state index >= 15 is 0 Å². The van der Waals surface area contributed by atoms with Crippen LogP contribution < -0.4 is 21.3 Å².